The molecule has 0 aromatic heterocycles. The van der Waals surface area contributed by atoms with Crippen LogP contribution in [0.5, 0.6) is 0 Å². The van der Waals surface area contributed by atoms with E-state index in [1.54, 1.807) is 24.3 Å². The summed E-state index contributed by atoms with van der Waals surface area (Å²) < 4.78 is 5.68. The molecule has 0 heterocycles. The van der Waals surface area contributed by atoms with Crippen LogP contribution < -0.4 is 5.32 Å². The van der Waals surface area contributed by atoms with E-state index in [4.69, 9.17) is 4.74 Å². The molecule has 0 radical (unpaired) electrons. The van der Waals surface area contributed by atoms with Gasteiger partial charge in [-0.1, -0.05) is 50.2 Å². The summed E-state index contributed by atoms with van der Waals surface area (Å²) in [6.07, 6.45) is 0.738. The Morgan fingerprint density at radius 2 is 1.76 bits per heavy atom. The van der Waals surface area contributed by atoms with Crippen molar-refractivity contribution in [2.75, 3.05) is 13.2 Å². The molecule has 25 heavy (non-hydrogen) atoms. The summed E-state index contributed by atoms with van der Waals surface area (Å²) in [4.78, 5) is 23.7. The number of hydrogen-bond donors (Lipinski definition) is 1. The van der Waals surface area contributed by atoms with Crippen LogP contribution >= 0.6 is 15.9 Å². The number of carbonyl (C=O) groups excluding carboxylic acids is 2. The van der Waals surface area contributed by atoms with Gasteiger partial charge in [-0.3, -0.25) is 4.79 Å². The molecule has 1 amide bonds. The lowest BCUT2D eigenvalue weighted by Gasteiger charge is -2.09. The third-order valence-electron chi connectivity index (χ3n) is 3.81. The van der Waals surface area contributed by atoms with Crippen molar-refractivity contribution in [3.63, 3.8) is 0 Å². The highest BCUT2D eigenvalue weighted by Crippen LogP contribution is 2.17. The van der Waals surface area contributed by atoms with Crippen molar-refractivity contribution >= 4 is 27.8 Å². The van der Waals surface area contributed by atoms with Crippen LogP contribution in [0.2, 0.25) is 0 Å². The molecule has 5 heteroatoms. The number of amides is 1. The largest absolute Gasteiger partial charge is 0.452 e. The monoisotopic (exact) mass is 403 g/mol. The fraction of sp³-hybridized carbons (Fsp3) is 0.300. The Morgan fingerprint density at radius 1 is 1.08 bits per heavy atom. The van der Waals surface area contributed by atoms with Gasteiger partial charge in [0.25, 0.3) is 5.91 Å². The van der Waals surface area contributed by atoms with Crippen LogP contribution in [0.4, 0.5) is 0 Å². The fourth-order valence-corrected chi connectivity index (χ4v) is 2.75. The molecule has 0 aliphatic rings. The number of rotatable bonds is 7. The minimum absolute atomic E-state index is 0.285. The maximum atomic E-state index is 11.9. The van der Waals surface area contributed by atoms with Crippen LogP contribution in [0.25, 0.3) is 0 Å². The van der Waals surface area contributed by atoms with Crippen molar-refractivity contribution in [2.24, 2.45) is 0 Å². The minimum Gasteiger partial charge on any atom is -0.452 e. The van der Waals surface area contributed by atoms with Crippen LogP contribution in [-0.4, -0.2) is 25.0 Å². The topological polar surface area (TPSA) is 55.4 Å². The number of carbonyl (C=O) groups is 2. The SMILES string of the molecule is CC(C)c1ccc(CCNC(=O)COC(=O)c2ccccc2Br)cc1. The second-order valence-corrected chi connectivity index (χ2v) is 6.91. The quantitative estimate of drug-likeness (QED) is 0.708. The zero-order valence-electron chi connectivity index (χ0n) is 14.4. The first-order valence-electron chi connectivity index (χ1n) is 8.24. The number of ether oxygens (including phenoxy) is 1. The minimum atomic E-state index is -0.521. The van der Waals surface area contributed by atoms with Crippen LogP contribution in [0.15, 0.2) is 53.0 Å². The van der Waals surface area contributed by atoms with Crippen LogP contribution in [0.3, 0.4) is 0 Å². The third-order valence-corrected chi connectivity index (χ3v) is 4.50. The predicted molar refractivity (Wildman–Crippen MR) is 102 cm³/mol. The van der Waals surface area contributed by atoms with E-state index in [-0.39, 0.29) is 12.5 Å². The van der Waals surface area contributed by atoms with Crippen LogP contribution in [-0.2, 0) is 16.0 Å². The zero-order valence-corrected chi connectivity index (χ0v) is 16.0. The maximum Gasteiger partial charge on any atom is 0.339 e. The van der Waals surface area contributed by atoms with Crippen LogP contribution in [0, 0.1) is 0 Å². The number of nitrogens with one attached hydrogen (secondary N) is 1. The molecule has 0 saturated heterocycles. The molecular formula is C20H22BrNO3. The average Bonchev–Trinajstić information content (AvgIpc) is 2.60. The standard InChI is InChI=1S/C20H22BrNO3/c1-14(2)16-9-7-15(8-10-16)11-12-22-19(23)13-25-20(24)17-5-3-4-6-18(17)21/h3-10,14H,11-13H2,1-2H3,(H,22,23). The summed E-state index contributed by atoms with van der Waals surface area (Å²) in [6.45, 7) is 4.54. The molecule has 0 bridgehead atoms. The summed E-state index contributed by atoms with van der Waals surface area (Å²) in [5.41, 5.74) is 2.86. The summed E-state index contributed by atoms with van der Waals surface area (Å²) in [5.74, 6) is -0.320. The first kappa shape index (κ1) is 19.2. The Hall–Kier alpha value is -2.14. The molecule has 0 aliphatic carbocycles. The molecule has 0 unspecified atom stereocenters. The Bertz CT molecular complexity index is 726. The highest BCUT2D eigenvalue weighted by molar-refractivity contribution is 9.10. The molecule has 2 aromatic carbocycles. The Morgan fingerprint density at radius 3 is 2.40 bits per heavy atom. The number of esters is 1. The van der Waals surface area contributed by atoms with Crippen molar-refractivity contribution in [3.8, 4) is 0 Å². The van der Waals surface area contributed by atoms with Gasteiger partial charge in [-0.25, -0.2) is 4.79 Å². The molecular weight excluding hydrogens is 382 g/mol. The second-order valence-electron chi connectivity index (χ2n) is 6.05. The molecule has 2 aromatic rings. The molecule has 1 N–H and O–H groups in total. The van der Waals surface area contributed by atoms with Gasteiger partial charge in [0.2, 0.25) is 0 Å². The number of benzene rings is 2. The van der Waals surface area contributed by atoms with Gasteiger partial charge >= 0.3 is 5.97 Å². The van der Waals surface area contributed by atoms with Gasteiger partial charge < -0.3 is 10.1 Å². The van der Waals surface area contributed by atoms with Crippen molar-refractivity contribution in [1.82, 2.24) is 5.32 Å². The molecule has 4 nitrogen and oxygen atoms in total. The predicted octanol–water partition coefficient (Wildman–Crippen LogP) is 4.09. The van der Waals surface area contributed by atoms with E-state index in [1.807, 2.05) is 0 Å². The van der Waals surface area contributed by atoms with Crippen molar-refractivity contribution in [3.05, 3.63) is 69.7 Å². The fourth-order valence-electron chi connectivity index (χ4n) is 2.30. The Kier molecular flexibility index (Phi) is 7.19. The summed E-state index contributed by atoms with van der Waals surface area (Å²) >= 11 is 3.28. The molecule has 0 atom stereocenters. The van der Waals surface area contributed by atoms with E-state index in [9.17, 15) is 9.59 Å². The van der Waals surface area contributed by atoms with Gasteiger partial charge in [0.1, 0.15) is 0 Å². The lowest BCUT2D eigenvalue weighted by atomic mass is 10.0. The van der Waals surface area contributed by atoms with E-state index in [0.29, 0.717) is 22.5 Å². The molecule has 0 fully saturated rings. The van der Waals surface area contributed by atoms with Crippen molar-refractivity contribution < 1.29 is 14.3 Å². The highest BCUT2D eigenvalue weighted by Gasteiger charge is 2.12. The molecule has 0 spiro atoms. The average molecular weight is 404 g/mol. The first-order valence-corrected chi connectivity index (χ1v) is 9.04. The maximum absolute atomic E-state index is 11.9. The van der Waals surface area contributed by atoms with Gasteiger partial charge in [0.15, 0.2) is 6.61 Å². The molecule has 132 valence electrons. The van der Waals surface area contributed by atoms with E-state index in [0.717, 1.165) is 12.0 Å². The van der Waals surface area contributed by atoms with Crippen molar-refractivity contribution in [1.29, 1.82) is 0 Å². The van der Waals surface area contributed by atoms with Gasteiger partial charge in [-0.2, -0.15) is 0 Å². The molecule has 0 saturated carbocycles. The smallest absolute Gasteiger partial charge is 0.339 e. The Balaban J connectivity index is 1.72. The normalized spacial score (nSPS) is 10.6. The third kappa shape index (κ3) is 6.02. The highest BCUT2D eigenvalue weighted by atomic mass is 79.9. The Labute approximate surface area is 156 Å². The van der Waals surface area contributed by atoms with E-state index in [2.05, 4.69) is 59.4 Å². The van der Waals surface area contributed by atoms with Crippen LogP contribution in [0.1, 0.15) is 41.3 Å². The zero-order chi connectivity index (χ0) is 18.2. The number of hydrogen-bond acceptors (Lipinski definition) is 3. The van der Waals surface area contributed by atoms with Crippen molar-refractivity contribution in [2.45, 2.75) is 26.2 Å². The summed E-state index contributed by atoms with van der Waals surface area (Å²) in [6, 6.07) is 15.3. The molecule has 2 rings (SSSR count). The number of halogens is 1. The van der Waals surface area contributed by atoms with Gasteiger partial charge in [0.05, 0.1) is 5.56 Å². The lowest BCUT2D eigenvalue weighted by Crippen LogP contribution is -2.30. The van der Waals surface area contributed by atoms with Gasteiger partial charge in [0, 0.05) is 11.0 Å². The summed E-state index contributed by atoms with van der Waals surface area (Å²) in [7, 11) is 0. The van der Waals surface area contributed by atoms with E-state index >= 15 is 0 Å². The van der Waals surface area contributed by atoms with Gasteiger partial charge in [-0.15, -0.1) is 0 Å². The first-order chi connectivity index (χ1) is 12.0. The summed E-state index contributed by atoms with van der Waals surface area (Å²) in [5, 5.41) is 2.76. The van der Waals surface area contributed by atoms with E-state index in [1.165, 1.54) is 5.56 Å². The van der Waals surface area contributed by atoms with E-state index < -0.39 is 5.97 Å². The molecule has 0 aliphatic heterocycles. The second kappa shape index (κ2) is 9.37. The van der Waals surface area contributed by atoms with Gasteiger partial charge in [-0.05, 0) is 51.5 Å². The lowest BCUT2D eigenvalue weighted by molar-refractivity contribution is -0.124.